The minimum absolute atomic E-state index is 0.0914. The molecular formula is C17H26N2O2. The Kier molecular flexibility index (Phi) is 4.76. The van der Waals surface area contributed by atoms with Crippen LogP contribution in [0.25, 0.3) is 0 Å². The van der Waals surface area contributed by atoms with Crippen molar-refractivity contribution < 1.29 is 9.47 Å². The summed E-state index contributed by atoms with van der Waals surface area (Å²) in [5.41, 5.74) is 6.66. The van der Waals surface area contributed by atoms with Crippen LogP contribution in [-0.4, -0.2) is 29.8 Å². The van der Waals surface area contributed by atoms with E-state index in [1.165, 1.54) is 32.1 Å². The summed E-state index contributed by atoms with van der Waals surface area (Å²) in [5.74, 6) is 0.869. The van der Waals surface area contributed by atoms with Gasteiger partial charge < -0.3 is 15.2 Å². The summed E-state index contributed by atoms with van der Waals surface area (Å²) in [5, 5.41) is 0. The first-order valence-corrected chi connectivity index (χ1v) is 8.25. The monoisotopic (exact) mass is 290 g/mol. The van der Waals surface area contributed by atoms with E-state index in [4.69, 9.17) is 15.2 Å². The maximum atomic E-state index is 6.14. The van der Waals surface area contributed by atoms with Gasteiger partial charge >= 0.3 is 0 Å². The Bertz CT molecular complexity index is 435. The molecule has 2 heterocycles. The zero-order valence-electron chi connectivity index (χ0n) is 12.7. The molecule has 0 aromatic carbocycles. The fourth-order valence-electron chi connectivity index (χ4n) is 3.60. The molecule has 3 rings (SSSR count). The number of hydrogen-bond acceptors (Lipinski definition) is 4. The molecular weight excluding hydrogens is 264 g/mol. The van der Waals surface area contributed by atoms with E-state index >= 15 is 0 Å². The van der Waals surface area contributed by atoms with E-state index in [0.29, 0.717) is 6.54 Å². The highest BCUT2D eigenvalue weighted by atomic mass is 16.5. The highest BCUT2D eigenvalue weighted by Gasteiger charge is 2.39. The molecule has 1 atom stereocenters. The van der Waals surface area contributed by atoms with Gasteiger partial charge in [0.2, 0.25) is 0 Å². The molecule has 0 amide bonds. The smallest absolute Gasteiger partial charge is 0.138 e. The number of ether oxygens (including phenoxy) is 2. The second kappa shape index (κ2) is 6.75. The van der Waals surface area contributed by atoms with Crippen molar-refractivity contribution in [1.29, 1.82) is 0 Å². The Morgan fingerprint density at radius 1 is 1.29 bits per heavy atom. The predicted octanol–water partition coefficient (Wildman–Crippen LogP) is 2.84. The van der Waals surface area contributed by atoms with Gasteiger partial charge in [-0.05, 0) is 31.5 Å². The van der Waals surface area contributed by atoms with Crippen LogP contribution in [0.3, 0.4) is 0 Å². The molecule has 1 saturated heterocycles. The van der Waals surface area contributed by atoms with E-state index in [0.717, 1.165) is 37.3 Å². The number of aromatic nitrogens is 1. The van der Waals surface area contributed by atoms with Crippen molar-refractivity contribution in [3.8, 4) is 5.75 Å². The summed E-state index contributed by atoms with van der Waals surface area (Å²) in [6.07, 6.45) is 11.2. The van der Waals surface area contributed by atoms with Crippen molar-refractivity contribution >= 4 is 0 Å². The molecule has 1 unspecified atom stereocenters. The summed E-state index contributed by atoms with van der Waals surface area (Å²) in [7, 11) is 0. The van der Waals surface area contributed by atoms with Gasteiger partial charge in [0.1, 0.15) is 11.9 Å². The van der Waals surface area contributed by atoms with Gasteiger partial charge in [-0.15, -0.1) is 0 Å². The van der Waals surface area contributed by atoms with E-state index in [9.17, 15) is 0 Å². The molecule has 4 nitrogen and oxygen atoms in total. The van der Waals surface area contributed by atoms with Crippen LogP contribution in [0.5, 0.6) is 5.75 Å². The number of hydrogen-bond donors (Lipinski definition) is 1. The molecule has 1 aromatic rings. The van der Waals surface area contributed by atoms with Crippen LogP contribution in [0, 0.1) is 0 Å². The molecule has 1 aromatic heterocycles. The van der Waals surface area contributed by atoms with Crippen LogP contribution in [0.4, 0.5) is 0 Å². The minimum atomic E-state index is 0.0914. The third kappa shape index (κ3) is 3.74. The van der Waals surface area contributed by atoms with Gasteiger partial charge in [-0.2, -0.15) is 0 Å². The third-order valence-electron chi connectivity index (χ3n) is 4.71. The molecule has 1 aliphatic carbocycles. The molecule has 0 radical (unpaired) electrons. The number of pyridine rings is 1. The lowest BCUT2D eigenvalue weighted by Crippen LogP contribution is -2.45. The zero-order chi connectivity index (χ0) is 14.5. The largest absolute Gasteiger partial charge is 0.489 e. The van der Waals surface area contributed by atoms with Crippen LogP contribution in [0.1, 0.15) is 50.6 Å². The van der Waals surface area contributed by atoms with Gasteiger partial charge in [-0.3, -0.25) is 4.98 Å². The summed E-state index contributed by atoms with van der Waals surface area (Å²) in [4.78, 5) is 4.40. The number of nitrogens with zero attached hydrogens (tertiary/aromatic N) is 1. The highest BCUT2D eigenvalue weighted by molar-refractivity contribution is 5.20. The summed E-state index contributed by atoms with van der Waals surface area (Å²) < 4.78 is 12.3. The van der Waals surface area contributed by atoms with Crippen molar-refractivity contribution in [1.82, 2.24) is 4.98 Å². The molecule has 2 aliphatic rings. The van der Waals surface area contributed by atoms with Crippen molar-refractivity contribution in [3.63, 3.8) is 0 Å². The molecule has 1 spiro atoms. The SMILES string of the molecule is NCCc1ccc(OC2CCOC3(CCCCC3)C2)cn1. The van der Waals surface area contributed by atoms with Crippen LogP contribution in [-0.2, 0) is 11.2 Å². The average molecular weight is 290 g/mol. The first-order chi connectivity index (χ1) is 10.3. The van der Waals surface area contributed by atoms with Crippen molar-refractivity contribution in [2.24, 2.45) is 5.73 Å². The van der Waals surface area contributed by atoms with E-state index in [1.54, 1.807) is 0 Å². The lowest BCUT2D eigenvalue weighted by Gasteiger charge is -2.43. The minimum Gasteiger partial charge on any atom is -0.489 e. The highest BCUT2D eigenvalue weighted by Crippen LogP contribution is 2.39. The van der Waals surface area contributed by atoms with Crippen LogP contribution < -0.4 is 10.5 Å². The maximum Gasteiger partial charge on any atom is 0.138 e. The van der Waals surface area contributed by atoms with E-state index in [2.05, 4.69) is 4.98 Å². The van der Waals surface area contributed by atoms with Crippen LogP contribution in [0.2, 0.25) is 0 Å². The molecule has 116 valence electrons. The van der Waals surface area contributed by atoms with Crippen molar-refractivity contribution in [3.05, 3.63) is 24.0 Å². The topological polar surface area (TPSA) is 57.4 Å². The Morgan fingerprint density at radius 3 is 2.86 bits per heavy atom. The van der Waals surface area contributed by atoms with Gasteiger partial charge in [0, 0.05) is 25.0 Å². The Balaban J connectivity index is 1.59. The van der Waals surface area contributed by atoms with Crippen LogP contribution >= 0.6 is 0 Å². The number of nitrogens with two attached hydrogens (primary N) is 1. The average Bonchev–Trinajstić information content (AvgIpc) is 2.50. The second-order valence-electron chi connectivity index (χ2n) is 6.35. The number of rotatable bonds is 4. The fourth-order valence-corrected chi connectivity index (χ4v) is 3.60. The van der Waals surface area contributed by atoms with Crippen LogP contribution in [0.15, 0.2) is 18.3 Å². The second-order valence-corrected chi connectivity index (χ2v) is 6.35. The molecule has 1 aliphatic heterocycles. The van der Waals surface area contributed by atoms with Gasteiger partial charge in [-0.1, -0.05) is 19.3 Å². The quantitative estimate of drug-likeness (QED) is 0.926. The van der Waals surface area contributed by atoms with E-state index in [-0.39, 0.29) is 11.7 Å². The van der Waals surface area contributed by atoms with Crippen molar-refractivity contribution in [2.75, 3.05) is 13.2 Å². The fraction of sp³-hybridized carbons (Fsp3) is 0.706. The van der Waals surface area contributed by atoms with Gasteiger partial charge in [0.05, 0.1) is 18.4 Å². The Labute approximate surface area is 127 Å². The Hall–Kier alpha value is -1.13. The van der Waals surface area contributed by atoms with E-state index < -0.39 is 0 Å². The molecule has 0 bridgehead atoms. The normalized spacial score (nSPS) is 24.9. The molecule has 21 heavy (non-hydrogen) atoms. The van der Waals surface area contributed by atoms with Crippen molar-refractivity contribution in [2.45, 2.75) is 63.1 Å². The standard InChI is InChI=1S/C17H26N2O2/c18-10-6-14-4-5-16(13-19-14)21-15-7-11-20-17(12-15)8-2-1-3-9-17/h4-5,13,15H,1-3,6-12,18H2. The molecule has 2 N–H and O–H groups in total. The van der Waals surface area contributed by atoms with Gasteiger partial charge in [0.15, 0.2) is 0 Å². The lowest BCUT2D eigenvalue weighted by molar-refractivity contribution is -0.129. The molecule has 2 fully saturated rings. The lowest BCUT2D eigenvalue weighted by atomic mass is 9.79. The van der Waals surface area contributed by atoms with Gasteiger partial charge in [0.25, 0.3) is 0 Å². The molecule has 1 saturated carbocycles. The summed E-state index contributed by atoms with van der Waals surface area (Å²) in [6.45, 7) is 1.46. The summed E-state index contributed by atoms with van der Waals surface area (Å²) >= 11 is 0. The summed E-state index contributed by atoms with van der Waals surface area (Å²) in [6, 6.07) is 4.03. The third-order valence-corrected chi connectivity index (χ3v) is 4.71. The Morgan fingerprint density at radius 2 is 2.14 bits per heavy atom. The maximum absolute atomic E-state index is 6.14. The molecule has 4 heteroatoms. The van der Waals surface area contributed by atoms with E-state index in [1.807, 2.05) is 18.3 Å². The van der Waals surface area contributed by atoms with Gasteiger partial charge in [-0.25, -0.2) is 0 Å². The predicted molar refractivity (Wildman–Crippen MR) is 82.4 cm³/mol. The first kappa shape index (κ1) is 14.8. The zero-order valence-corrected chi connectivity index (χ0v) is 12.7. The first-order valence-electron chi connectivity index (χ1n) is 8.25.